The van der Waals surface area contributed by atoms with Crippen molar-refractivity contribution in [1.29, 1.82) is 0 Å². The van der Waals surface area contributed by atoms with E-state index in [1.807, 2.05) is 0 Å². The van der Waals surface area contributed by atoms with Gasteiger partial charge in [-0.3, -0.25) is 14.2 Å². The molecule has 144 valence electrons. The van der Waals surface area contributed by atoms with Crippen LogP contribution in [-0.4, -0.2) is 50.6 Å². The smallest absolute Gasteiger partial charge is 0.321 e. The number of nitrogens with zero attached hydrogens (tertiary/aromatic N) is 6. The Bertz CT molecular complexity index is 862. The van der Waals surface area contributed by atoms with Gasteiger partial charge in [0.15, 0.2) is 5.82 Å². The van der Waals surface area contributed by atoms with E-state index in [1.165, 1.54) is 30.5 Å². The van der Waals surface area contributed by atoms with Gasteiger partial charge in [-0.2, -0.15) is 15.0 Å². The molecule has 1 amide bonds. The Labute approximate surface area is 156 Å². The summed E-state index contributed by atoms with van der Waals surface area (Å²) in [5.74, 6) is 0.636. The van der Waals surface area contributed by atoms with Gasteiger partial charge in [-0.05, 0) is 26.2 Å². The van der Waals surface area contributed by atoms with Crippen molar-refractivity contribution in [1.82, 2.24) is 29.8 Å². The minimum Gasteiger partial charge on any atom is -0.467 e. The van der Waals surface area contributed by atoms with Crippen LogP contribution in [0.3, 0.4) is 0 Å². The monoisotopic (exact) mass is 373 g/mol. The Morgan fingerprint density at radius 1 is 1.22 bits per heavy atom. The molecular weight excluding hydrogens is 350 g/mol. The van der Waals surface area contributed by atoms with Gasteiger partial charge >= 0.3 is 6.01 Å². The van der Waals surface area contributed by atoms with E-state index in [0.717, 1.165) is 25.9 Å². The van der Waals surface area contributed by atoms with Crippen molar-refractivity contribution in [2.24, 2.45) is 0 Å². The second kappa shape index (κ2) is 8.56. The molecule has 0 spiro atoms. The van der Waals surface area contributed by atoms with Crippen LogP contribution < -0.4 is 20.5 Å². The molecule has 0 atom stereocenters. The van der Waals surface area contributed by atoms with Crippen LogP contribution in [0.25, 0.3) is 0 Å². The van der Waals surface area contributed by atoms with E-state index < -0.39 is 0 Å². The summed E-state index contributed by atoms with van der Waals surface area (Å²) in [7, 11) is 1.49. The largest absolute Gasteiger partial charge is 0.467 e. The van der Waals surface area contributed by atoms with Gasteiger partial charge in [-0.15, -0.1) is 0 Å². The average Bonchev–Trinajstić information content (AvgIpc) is 2.69. The van der Waals surface area contributed by atoms with Crippen molar-refractivity contribution in [3.63, 3.8) is 0 Å². The summed E-state index contributed by atoms with van der Waals surface area (Å²) in [6.07, 6.45) is 4.76. The van der Waals surface area contributed by atoms with Crippen molar-refractivity contribution in [2.75, 3.05) is 25.1 Å². The van der Waals surface area contributed by atoms with Crippen LogP contribution in [0.1, 0.15) is 30.8 Å². The number of ether oxygens (including phenoxy) is 1. The summed E-state index contributed by atoms with van der Waals surface area (Å²) in [5.41, 5.74) is 0.339. The maximum absolute atomic E-state index is 12.2. The highest BCUT2D eigenvalue weighted by molar-refractivity contribution is 5.75. The number of anilines is 1. The van der Waals surface area contributed by atoms with Crippen molar-refractivity contribution in [2.45, 2.75) is 39.3 Å². The minimum atomic E-state index is -0.332. The molecule has 0 saturated carbocycles. The number of hydrogen-bond acceptors (Lipinski definition) is 8. The zero-order valence-electron chi connectivity index (χ0n) is 15.5. The van der Waals surface area contributed by atoms with Crippen LogP contribution >= 0.6 is 0 Å². The van der Waals surface area contributed by atoms with Gasteiger partial charge in [0.2, 0.25) is 11.9 Å². The molecule has 0 unspecified atom stereocenters. The summed E-state index contributed by atoms with van der Waals surface area (Å²) in [6, 6.07) is 1.60. The molecule has 0 aliphatic carbocycles. The van der Waals surface area contributed by atoms with E-state index in [4.69, 9.17) is 4.74 Å². The highest BCUT2D eigenvalue weighted by atomic mass is 16.5. The van der Waals surface area contributed by atoms with Crippen molar-refractivity contribution in [3.8, 4) is 6.01 Å². The third-order valence-electron chi connectivity index (χ3n) is 4.24. The fraction of sp³-hybridized carbons (Fsp3) is 0.529. The Balaban J connectivity index is 1.65. The molecule has 1 fully saturated rings. The van der Waals surface area contributed by atoms with Gasteiger partial charge < -0.3 is 15.0 Å². The molecule has 1 aliphatic heterocycles. The van der Waals surface area contributed by atoms with Gasteiger partial charge in [0, 0.05) is 24.8 Å². The lowest BCUT2D eigenvalue weighted by Gasteiger charge is -2.26. The number of aromatic nitrogens is 5. The van der Waals surface area contributed by atoms with Crippen LogP contribution in [0.5, 0.6) is 6.01 Å². The Morgan fingerprint density at radius 3 is 2.70 bits per heavy atom. The minimum absolute atomic E-state index is 0.118. The molecule has 2 aromatic rings. The number of hydrogen-bond donors (Lipinski definition) is 1. The summed E-state index contributed by atoms with van der Waals surface area (Å²) in [6.45, 7) is 3.50. The molecule has 1 aliphatic rings. The molecule has 27 heavy (non-hydrogen) atoms. The number of carbonyl (C=O) groups is 1. The summed E-state index contributed by atoms with van der Waals surface area (Å²) in [5, 5.41) is 2.72. The Morgan fingerprint density at radius 2 is 2.00 bits per heavy atom. The first-order chi connectivity index (χ1) is 13.0. The van der Waals surface area contributed by atoms with E-state index in [9.17, 15) is 9.59 Å². The molecular formula is C17H23N7O3. The third kappa shape index (κ3) is 4.99. The summed E-state index contributed by atoms with van der Waals surface area (Å²) < 4.78 is 6.41. The molecule has 3 rings (SSSR count). The average molecular weight is 373 g/mol. The second-order valence-electron chi connectivity index (χ2n) is 6.36. The molecule has 1 N–H and O–H groups in total. The van der Waals surface area contributed by atoms with Gasteiger partial charge in [0.1, 0.15) is 6.54 Å². The molecule has 0 radical (unpaired) electrons. The fourth-order valence-electron chi connectivity index (χ4n) is 2.82. The van der Waals surface area contributed by atoms with E-state index in [1.54, 1.807) is 6.92 Å². The summed E-state index contributed by atoms with van der Waals surface area (Å²) in [4.78, 5) is 43.0. The van der Waals surface area contributed by atoms with E-state index in [-0.39, 0.29) is 30.6 Å². The van der Waals surface area contributed by atoms with E-state index in [0.29, 0.717) is 17.5 Å². The molecule has 1 saturated heterocycles. The number of aryl methyl sites for hydroxylation is 1. The molecule has 10 nitrogen and oxygen atoms in total. The zero-order valence-corrected chi connectivity index (χ0v) is 15.5. The molecule has 0 bridgehead atoms. The number of nitrogens with one attached hydrogen (secondary N) is 1. The van der Waals surface area contributed by atoms with Crippen molar-refractivity contribution >= 4 is 11.9 Å². The van der Waals surface area contributed by atoms with Crippen LogP contribution in [0, 0.1) is 6.92 Å². The predicted octanol–water partition coefficient (Wildman–Crippen LogP) is 0.0520. The maximum Gasteiger partial charge on any atom is 0.321 e. The van der Waals surface area contributed by atoms with Crippen LogP contribution in [-0.2, 0) is 17.9 Å². The van der Waals surface area contributed by atoms with E-state index in [2.05, 4.69) is 30.2 Å². The van der Waals surface area contributed by atoms with Crippen molar-refractivity contribution in [3.05, 3.63) is 34.3 Å². The van der Waals surface area contributed by atoms with E-state index >= 15 is 0 Å². The number of amides is 1. The van der Waals surface area contributed by atoms with Crippen LogP contribution in [0.2, 0.25) is 0 Å². The second-order valence-corrected chi connectivity index (χ2v) is 6.36. The first-order valence-corrected chi connectivity index (χ1v) is 8.89. The lowest BCUT2D eigenvalue weighted by atomic mass is 10.1. The molecule has 10 heteroatoms. The van der Waals surface area contributed by atoms with Gasteiger partial charge in [-0.1, -0.05) is 0 Å². The summed E-state index contributed by atoms with van der Waals surface area (Å²) >= 11 is 0. The molecule has 0 aromatic carbocycles. The van der Waals surface area contributed by atoms with Gasteiger partial charge in [-0.25, -0.2) is 4.98 Å². The molecule has 2 aromatic heterocycles. The lowest BCUT2D eigenvalue weighted by molar-refractivity contribution is -0.121. The standard InChI is InChI=1S/C17H23N7O3/c1-12-8-15(26)24(11-19-12)10-14(25)18-9-13-20-16(22-17(21-13)27-2)23-6-4-3-5-7-23/h8,11H,3-7,9-10H2,1-2H3,(H,18,25). The zero-order chi connectivity index (χ0) is 19.2. The molecule has 3 heterocycles. The van der Waals surface area contributed by atoms with Crippen molar-refractivity contribution < 1.29 is 9.53 Å². The Kier molecular flexibility index (Phi) is 5.94. The quantitative estimate of drug-likeness (QED) is 0.755. The lowest BCUT2D eigenvalue weighted by Crippen LogP contribution is -2.33. The van der Waals surface area contributed by atoms with Crippen LogP contribution in [0.4, 0.5) is 5.95 Å². The SMILES string of the molecule is COc1nc(CNC(=O)Cn2cnc(C)cc2=O)nc(N2CCCCC2)n1. The highest BCUT2D eigenvalue weighted by Gasteiger charge is 2.17. The van der Waals surface area contributed by atoms with Gasteiger partial charge in [0.05, 0.1) is 20.0 Å². The maximum atomic E-state index is 12.2. The number of rotatable bonds is 6. The van der Waals surface area contributed by atoms with Crippen LogP contribution in [0.15, 0.2) is 17.2 Å². The number of carbonyl (C=O) groups excluding carboxylic acids is 1. The number of piperidine rings is 1. The fourth-order valence-corrected chi connectivity index (χ4v) is 2.82. The van der Waals surface area contributed by atoms with Gasteiger partial charge in [0.25, 0.3) is 5.56 Å². The highest BCUT2D eigenvalue weighted by Crippen LogP contribution is 2.17. The topological polar surface area (TPSA) is 115 Å². The Hall–Kier alpha value is -3.04. The number of methoxy groups -OCH3 is 1. The predicted molar refractivity (Wildman–Crippen MR) is 97.5 cm³/mol. The normalized spacial score (nSPS) is 14.1. The first-order valence-electron chi connectivity index (χ1n) is 8.89. The first kappa shape index (κ1) is 18.7. The third-order valence-corrected chi connectivity index (χ3v) is 4.24.